The van der Waals surface area contributed by atoms with Crippen molar-refractivity contribution in [1.82, 2.24) is 0 Å². The molecule has 0 aliphatic heterocycles. The largest absolute Gasteiger partial charge is 0.545 e. The molecule has 2 nitrogen and oxygen atoms in total. The van der Waals surface area contributed by atoms with E-state index >= 15 is 0 Å². The van der Waals surface area contributed by atoms with E-state index in [0.29, 0.717) is 0 Å². The summed E-state index contributed by atoms with van der Waals surface area (Å²) in [7, 11) is -0.511. The lowest BCUT2D eigenvalue weighted by Crippen LogP contribution is -2.21. The van der Waals surface area contributed by atoms with E-state index in [1.807, 2.05) is 0 Å². The van der Waals surface area contributed by atoms with Crippen LogP contribution in [0.1, 0.15) is 45.0 Å². The second-order valence-electron chi connectivity index (χ2n) is 4.91. The van der Waals surface area contributed by atoms with Crippen LogP contribution in [0.25, 0.3) is 0 Å². The highest BCUT2D eigenvalue weighted by Crippen LogP contribution is 2.61. The minimum absolute atomic E-state index is 0.220. The fourth-order valence-electron chi connectivity index (χ4n) is 2.34. The Labute approximate surface area is 118 Å². The van der Waals surface area contributed by atoms with Crippen molar-refractivity contribution in [3.8, 4) is 0 Å². The van der Waals surface area contributed by atoms with Gasteiger partial charge in [-0.15, -0.1) is 0 Å². The van der Waals surface area contributed by atoms with E-state index in [1.54, 1.807) is 18.2 Å². The van der Waals surface area contributed by atoms with Gasteiger partial charge in [-0.25, -0.2) is 0 Å². The maximum Gasteiger partial charge on any atom is 0.0715 e. The number of carboxylic acid groups (broad SMARTS) is 1. The highest BCUT2D eigenvalue weighted by molar-refractivity contribution is 7.76. The molecule has 0 atom stereocenters. The summed E-state index contributed by atoms with van der Waals surface area (Å²) in [4.78, 5) is 10.1. The fraction of sp³-hybridized carbons (Fsp3) is 0.562. The molecular formula is C16H27O2P. The molecule has 1 aromatic carbocycles. The third-order valence-corrected chi connectivity index (χ3v) is 9.96. The molecule has 0 heterocycles. The van der Waals surface area contributed by atoms with Crippen molar-refractivity contribution in [2.75, 3.05) is 18.5 Å². The number of hydrogen-bond donors (Lipinski definition) is 0. The second-order valence-corrected chi connectivity index (χ2v) is 10.3. The molecule has 0 aliphatic carbocycles. The molecule has 1 aromatic rings. The molecule has 1 rings (SSSR count). The summed E-state index contributed by atoms with van der Waals surface area (Å²) < 4.78 is 0. The van der Waals surface area contributed by atoms with Gasteiger partial charge in [-0.1, -0.05) is 30.3 Å². The van der Waals surface area contributed by atoms with E-state index in [1.165, 1.54) is 30.6 Å². The van der Waals surface area contributed by atoms with Gasteiger partial charge in [-0.3, -0.25) is 0 Å². The van der Waals surface area contributed by atoms with Crippen molar-refractivity contribution in [3.05, 3.63) is 35.9 Å². The molecule has 0 spiro atoms. The first-order chi connectivity index (χ1) is 8.93. The van der Waals surface area contributed by atoms with E-state index in [4.69, 9.17) is 0 Å². The van der Waals surface area contributed by atoms with Crippen molar-refractivity contribution >= 4 is 13.2 Å². The minimum Gasteiger partial charge on any atom is -0.545 e. The van der Waals surface area contributed by atoms with Gasteiger partial charge in [-0.05, 0) is 40.2 Å². The Morgan fingerprint density at radius 2 is 1.47 bits per heavy atom. The quantitative estimate of drug-likeness (QED) is 0.775. The van der Waals surface area contributed by atoms with Gasteiger partial charge < -0.3 is 9.90 Å². The van der Waals surface area contributed by atoms with E-state index in [9.17, 15) is 9.90 Å². The third-order valence-electron chi connectivity index (χ3n) is 3.99. The zero-order valence-electron chi connectivity index (χ0n) is 12.8. The van der Waals surface area contributed by atoms with Gasteiger partial charge in [0.05, 0.1) is 30.1 Å². The molecule has 0 N–H and O–H groups in total. The van der Waals surface area contributed by atoms with Gasteiger partial charge in [-0.2, -0.15) is 0 Å². The first kappa shape index (κ1) is 18.1. The average molecular weight is 282 g/mol. The van der Waals surface area contributed by atoms with Crippen molar-refractivity contribution in [1.29, 1.82) is 0 Å². The maximum absolute atomic E-state index is 10.1. The van der Waals surface area contributed by atoms with Crippen LogP contribution in [0.4, 0.5) is 0 Å². The monoisotopic (exact) mass is 282 g/mol. The highest BCUT2D eigenvalue weighted by atomic mass is 31.2. The summed E-state index contributed by atoms with van der Waals surface area (Å²) >= 11 is 0. The Morgan fingerprint density at radius 3 is 1.63 bits per heavy atom. The first-order valence-corrected chi connectivity index (χ1v) is 9.47. The maximum atomic E-state index is 10.1. The zero-order chi connectivity index (χ0) is 14.9. The molecule has 0 bridgehead atoms. The predicted molar refractivity (Wildman–Crippen MR) is 84.5 cm³/mol. The van der Waals surface area contributed by atoms with Gasteiger partial charge in [0.15, 0.2) is 0 Å². The minimum atomic E-state index is -1.13. The number of benzene rings is 1. The lowest BCUT2D eigenvalue weighted by Gasteiger charge is -2.27. The Balaban J connectivity index is 0.000000342. The lowest BCUT2D eigenvalue weighted by atomic mass is 10.2. The van der Waals surface area contributed by atoms with Crippen LogP contribution in [-0.4, -0.2) is 30.1 Å². The van der Waals surface area contributed by atoms with Crippen molar-refractivity contribution in [3.63, 3.8) is 0 Å². The second kappa shape index (κ2) is 9.09. The standard InChI is InChI=1S/C9H22P.C7H6O2/c1-6-10(7-2,8-3)9(4)5;8-7(9)6-4-2-1-3-5-6/h9H,6-8H2,1-5H3;1-5H,(H,8,9)/q+1;/p-1. The predicted octanol–water partition coefficient (Wildman–Crippen LogP) is 3.52. The van der Waals surface area contributed by atoms with Gasteiger partial charge in [0.1, 0.15) is 0 Å². The fourth-order valence-corrected chi connectivity index (χ4v) is 5.87. The molecule has 0 unspecified atom stereocenters. The van der Waals surface area contributed by atoms with Gasteiger partial charge in [0, 0.05) is 7.26 Å². The van der Waals surface area contributed by atoms with E-state index in [0.717, 1.165) is 5.66 Å². The lowest BCUT2D eigenvalue weighted by molar-refractivity contribution is -0.255. The van der Waals surface area contributed by atoms with E-state index in [2.05, 4.69) is 34.6 Å². The SMILES string of the molecule is CC[P+](CC)(CC)C(C)C.O=C([O-])c1ccccc1. The number of rotatable bonds is 5. The van der Waals surface area contributed by atoms with Crippen LogP contribution in [0, 0.1) is 0 Å². The molecule has 3 heteroatoms. The molecule has 19 heavy (non-hydrogen) atoms. The van der Waals surface area contributed by atoms with E-state index in [-0.39, 0.29) is 5.56 Å². The Hall–Kier alpha value is -0.880. The van der Waals surface area contributed by atoms with Crippen LogP contribution in [-0.2, 0) is 0 Å². The Kier molecular flexibility index (Phi) is 8.67. The molecule has 0 amide bonds. The van der Waals surface area contributed by atoms with Crippen molar-refractivity contribution in [2.24, 2.45) is 0 Å². The molecular weight excluding hydrogens is 255 g/mol. The number of aromatic carboxylic acids is 1. The summed E-state index contributed by atoms with van der Waals surface area (Å²) in [6.07, 6.45) is 4.33. The van der Waals surface area contributed by atoms with Crippen LogP contribution < -0.4 is 5.11 Å². The first-order valence-electron chi connectivity index (χ1n) is 7.05. The molecule has 0 aliphatic rings. The summed E-state index contributed by atoms with van der Waals surface area (Å²) in [5.74, 6) is -1.13. The molecule has 0 saturated carbocycles. The van der Waals surface area contributed by atoms with Crippen molar-refractivity contribution < 1.29 is 9.90 Å². The van der Waals surface area contributed by atoms with Gasteiger partial charge in [0.2, 0.25) is 0 Å². The average Bonchev–Trinajstić information content (AvgIpc) is 2.43. The topological polar surface area (TPSA) is 40.1 Å². The third kappa shape index (κ3) is 5.74. The van der Waals surface area contributed by atoms with Crippen LogP contribution in [0.2, 0.25) is 0 Å². The summed E-state index contributed by atoms with van der Waals surface area (Å²) in [5.41, 5.74) is 1.17. The van der Waals surface area contributed by atoms with Gasteiger partial charge in [0.25, 0.3) is 0 Å². The van der Waals surface area contributed by atoms with Crippen LogP contribution >= 0.6 is 7.26 Å². The summed E-state index contributed by atoms with van der Waals surface area (Å²) in [6, 6.07) is 8.06. The van der Waals surface area contributed by atoms with Crippen molar-refractivity contribution in [2.45, 2.75) is 40.3 Å². The van der Waals surface area contributed by atoms with Crippen LogP contribution in [0.3, 0.4) is 0 Å². The smallest absolute Gasteiger partial charge is 0.0715 e. The zero-order valence-corrected chi connectivity index (χ0v) is 13.7. The highest BCUT2D eigenvalue weighted by Gasteiger charge is 2.34. The summed E-state index contributed by atoms with van der Waals surface area (Å²) in [5, 5.41) is 10.1. The number of carboxylic acids is 1. The Morgan fingerprint density at radius 1 is 1.05 bits per heavy atom. The number of hydrogen-bond acceptors (Lipinski definition) is 2. The summed E-state index contributed by atoms with van der Waals surface area (Å²) in [6.45, 7) is 11.9. The molecule has 108 valence electrons. The van der Waals surface area contributed by atoms with Crippen LogP contribution in [0.15, 0.2) is 30.3 Å². The Bertz CT molecular complexity index is 348. The van der Waals surface area contributed by atoms with E-state index < -0.39 is 13.2 Å². The number of carbonyl (C=O) groups is 1. The van der Waals surface area contributed by atoms with Gasteiger partial charge >= 0.3 is 0 Å². The molecule has 0 aromatic heterocycles. The number of carbonyl (C=O) groups excluding carboxylic acids is 1. The van der Waals surface area contributed by atoms with Crippen LogP contribution in [0.5, 0.6) is 0 Å². The molecule has 0 radical (unpaired) electrons. The molecule has 0 saturated heterocycles. The molecule has 0 fully saturated rings. The normalized spacial score (nSPS) is 10.8.